The van der Waals surface area contributed by atoms with Gasteiger partial charge in [0.05, 0.1) is 16.4 Å². The molecule has 3 N–H and O–H groups in total. The summed E-state index contributed by atoms with van der Waals surface area (Å²) in [5.74, 6) is 6.93. The SMILES string of the molecule is CCC#Cc1cc2c(cc1Cl)NC(=NCC)C(N)N2CC. The maximum atomic E-state index is 6.32. The summed E-state index contributed by atoms with van der Waals surface area (Å²) in [6.45, 7) is 7.56. The van der Waals surface area contributed by atoms with Crippen molar-refractivity contribution in [3.63, 3.8) is 0 Å². The number of hydrogen-bond donors (Lipinski definition) is 2. The number of rotatable bonds is 2. The van der Waals surface area contributed by atoms with Gasteiger partial charge in [0.2, 0.25) is 0 Å². The number of likely N-dealkylation sites (N-methyl/N-ethyl adjacent to an activating group) is 1. The largest absolute Gasteiger partial charge is 0.348 e. The van der Waals surface area contributed by atoms with Crippen LogP contribution in [-0.4, -0.2) is 25.1 Å². The fourth-order valence-corrected chi connectivity index (χ4v) is 2.57. The Morgan fingerprint density at radius 3 is 2.76 bits per heavy atom. The third-order valence-electron chi connectivity index (χ3n) is 3.34. The van der Waals surface area contributed by atoms with E-state index >= 15 is 0 Å². The van der Waals surface area contributed by atoms with Crippen LogP contribution in [-0.2, 0) is 0 Å². The quantitative estimate of drug-likeness (QED) is 0.826. The third kappa shape index (κ3) is 3.15. The van der Waals surface area contributed by atoms with Gasteiger partial charge in [-0.3, -0.25) is 4.99 Å². The number of halogens is 1. The van der Waals surface area contributed by atoms with Gasteiger partial charge in [0.15, 0.2) is 0 Å². The number of nitrogens with one attached hydrogen (secondary N) is 1. The number of nitrogens with two attached hydrogens (primary N) is 1. The molecule has 0 aromatic heterocycles. The molecule has 1 aliphatic heterocycles. The van der Waals surface area contributed by atoms with E-state index in [9.17, 15) is 0 Å². The molecule has 0 saturated heterocycles. The Bertz CT molecular complexity index is 613. The minimum Gasteiger partial charge on any atom is -0.348 e. The predicted octanol–water partition coefficient (Wildman–Crippen LogP) is 3.06. The Morgan fingerprint density at radius 1 is 1.38 bits per heavy atom. The number of fused-ring (bicyclic) bond motifs is 1. The summed E-state index contributed by atoms with van der Waals surface area (Å²) >= 11 is 6.32. The lowest BCUT2D eigenvalue weighted by Gasteiger charge is -2.37. The summed E-state index contributed by atoms with van der Waals surface area (Å²) in [6.07, 6.45) is 0.534. The van der Waals surface area contributed by atoms with E-state index in [-0.39, 0.29) is 6.17 Å². The molecule has 1 aromatic rings. The molecule has 0 amide bonds. The van der Waals surface area contributed by atoms with Gasteiger partial charge < -0.3 is 16.0 Å². The van der Waals surface area contributed by atoms with E-state index in [0.717, 1.165) is 35.7 Å². The molecule has 0 radical (unpaired) electrons. The molecule has 112 valence electrons. The number of aliphatic imine (C=N–C) groups is 1. The van der Waals surface area contributed by atoms with Gasteiger partial charge in [0.25, 0.3) is 0 Å². The number of benzene rings is 1. The molecule has 0 fully saturated rings. The first-order chi connectivity index (χ1) is 10.1. The lowest BCUT2D eigenvalue weighted by molar-refractivity contribution is 0.747. The van der Waals surface area contributed by atoms with Crippen molar-refractivity contribution in [2.45, 2.75) is 33.4 Å². The molecule has 1 unspecified atom stereocenters. The predicted molar refractivity (Wildman–Crippen MR) is 91.2 cm³/mol. The number of amidine groups is 1. The fourth-order valence-electron chi connectivity index (χ4n) is 2.36. The number of hydrogen-bond acceptors (Lipinski definition) is 3. The Hall–Kier alpha value is -1.70. The van der Waals surface area contributed by atoms with Crippen molar-refractivity contribution in [2.24, 2.45) is 10.7 Å². The van der Waals surface area contributed by atoms with Gasteiger partial charge in [-0.05, 0) is 26.0 Å². The molecular weight excluding hydrogens is 284 g/mol. The van der Waals surface area contributed by atoms with Gasteiger partial charge in [-0.25, -0.2) is 0 Å². The average molecular weight is 305 g/mol. The molecule has 0 aliphatic carbocycles. The van der Waals surface area contributed by atoms with Crippen molar-refractivity contribution >= 4 is 28.8 Å². The lowest BCUT2D eigenvalue weighted by Crippen LogP contribution is -2.53. The zero-order valence-electron chi connectivity index (χ0n) is 12.7. The summed E-state index contributed by atoms with van der Waals surface area (Å²) in [5.41, 5.74) is 9.07. The Morgan fingerprint density at radius 2 is 2.14 bits per heavy atom. The van der Waals surface area contributed by atoms with Crippen LogP contribution < -0.4 is 16.0 Å². The van der Waals surface area contributed by atoms with Gasteiger partial charge in [0, 0.05) is 25.1 Å². The third-order valence-corrected chi connectivity index (χ3v) is 3.66. The summed E-state index contributed by atoms with van der Waals surface area (Å²) in [4.78, 5) is 6.54. The Kier molecular flexibility index (Phi) is 5.11. The van der Waals surface area contributed by atoms with Gasteiger partial charge in [-0.1, -0.05) is 30.4 Å². The van der Waals surface area contributed by atoms with Gasteiger partial charge in [-0.15, -0.1) is 0 Å². The highest BCUT2D eigenvalue weighted by Crippen LogP contribution is 2.35. The second-order valence-electron chi connectivity index (χ2n) is 4.72. The maximum Gasteiger partial charge on any atom is 0.139 e. The molecule has 1 atom stereocenters. The summed E-state index contributed by atoms with van der Waals surface area (Å²) in [6, 6.07) is 3.90. The average Bonchev–Trinajstić information content (AvgIpc) is 2.47. The van der Waals surface area contributed by atoms with Crippen LogP contribution in [0.3, 0.4) is 0 Å². The topological polar surface area (TPSA) is 53.6 Å². The minimum absolute atomic E-state index is 0.268. The summed E-state index contributed by atoms with van der Waals surface area (Å²) in [5, 5.41) is 3.93. The summed E-state index contributed by atoms with van der Waals surface area (Å²) < 4.78 is 0. The normalized spacial score (nSPS) is 18.8. The molecule has 1 aliphatic rings. The van der Waals surface area contributed by atoms with E-state index in [1.807, 2.05) is 26.0 Å². The highest BCUT2D eigenvalue weighted by Gasteiger charge is 2.28. The van der Waals surface area contributed by atoms with Gasteiger partial charge >= 0.3 is 0 Å². The van der Waals surface area contributed by atoms with Crippen LogP contribution in [0.5, 0.6) is 0 Å². The van der Waals surface area contributed by atoms with E-state index in [4.69, 9.17) is 17.3 Å². The van der Waals surface area contributed by atoms with Crippen molar-refractivity contribution in [3.05, 3.63) is 22.7 Å². The van der Waals surface area contributed by atoms with Crippen molar-refractivity contribution in [1.29, 1.82) is 0 Å². The molecule has 2 rings (SSSR count). The molecule has 0 saturated carbocycles. The van der Waals surface area contributed by atoms with Crippen molar-refractivity contribution in [1.82, 2.24) is 0 Å². The Labute approximate surface area is 131 Å². The molecule has 0 bridgehead atoms. The van der Waals surface area contributed by atoms with Crippen molar-refractivity contribution < 1.29 is 0 Å². The van der Waals surface area contributed by atoms with Crippen LogP contribution in [0.1, 0.15) is 32.8 Å². The first-order valence-corrected chi connectivity index (χ1v) is 7.66. The minimum atomic E-state index is -0.268. The smallest absolute Gasteiger partial charge is 0.139 e. The second kappa shape index (κ2) is 6.84. The summed E-state index contributed by atoms with van der Waals surface area (Å²) in [7, 11) is 0. The van der Waals surface area contributed by atoms with Crippen LogP contribution in [0.25, 0.3) is 0 Å². The highest BCUT2D eigenvalue weighted by molar-refractivity contribution is 6.32. The number of anilines is 2. The van der Waals surface area contributed by atoms with Crippen LogP contribution in [0.15, 0.2) is 17.1 Å². The van der Waals surface area contributed by atoms with E-state index < -0.39 is 0 Å². The van der Waals surface area contributed by atoms with Crippen LogP contribution in [0.2, 0.25) is 5.02 Å². The molecule has 1 heterocycles. The highest BCUT2D eigenvalue weighted by atomic mass is 35.5. The zero-order valence-corrected chi connectivity index (χ0v) is 13.5. The first kappa shape index (κ1) is 15.7. The molecular formula is C16H21ClN4. The molecule has 0 spiro atoms. The van der Waals surface area contributed by atoms with E-state index in [0.29, 0.717) is 11.6 Å². The first-order valence-electron chi connectivity index (χ1n) is 7.28. The van der Waals surface area contributed by atoms with Gasteiger partial charge in [-0.2, -0.15) is 0 Å². The molecule has 1 aromatic carbocycles. The molecule has 5 heteroatoms. The van der Waals surface area contributed by atoms with Crippen LogP contribution >= 0.6 is 11.6 Å². The van der Waals surface area contributed by atoms with Crippen LogP contribution in [0, 0.1) is 11.8 Å². The van der Waals surface area contributed by atoms with Gasteiger partial charge in [0.1, 0.15) is 12.0 Å². The Balaban J connectivity index is 2.52. The zero-order chi connectivity index (χ0) is 15.4. The van der Waals surface area contributed by atoms with E-state index in [1.54, 1.807) is 0 Å². The van der Waals surface area contributed by atoms with E-state index in [1.165, 1.54) is 0 Å². The lowest BCUT2D eigenvalue weighted by atomic mass is 10.1. The van der Waals surface area contributed by atoms with Crippen molar-refractivity contribution in [2.75, 3.05) is 23.3 Å². The fraction of sp³-hybridized carbons (Fsp3) is 0.438. The molecule has 21 heavy (non-hydrogen) atoms. The standard InChI is InChI=1S/C16H21ClN4/c1-4-7-8-11-9-14-13(10-12(11)17)20-16(19-5-2)15(18)21(14)6-3/h9-10,15H,4-6,18H2,1-3H3,(H,19,20). The van der Waals surface area contributed by atoms with E-state index in [2.05, 4.69) is 34.0 Å². The molecule has 4 nitrogen and oxygen atoms in total. The van der Waals surface area contributed by atoms with Crippen molar-refractivity contribution in [3.8, 4) is 11.8 Å². The maximum absolute atomic E-state index is 6.32. The monoisotopic (exact) mass is 304 g/mol. The second-order valence-corrected chi connectivity index (χ2v) is 5.13. The van der Waals surface area contributed by atoms with Crippen LogP contribution in [0.4, 0.5) is 11.4 Å². The number of nitrogens with zero attached hydrogens (tertiary/aromatic N) is 2.